The van der Waals surface area contributed by atoms with Crippen molar-refractivity contribution in [2.75, 3.05) is 24.1 Å². The van der Waals surface area contributed by atoms with Crippen LogP contribution in [0.3, 0.4) is 0 Å². The molecule has 0 saturated carbocycles. The maximum absolute atomic E-state index is 12.9. The van der Waals surface area contributed by atoms with Crippen molar-refractivity contribution in [2.24, 2.45) is 21.9 Å². The van der Waals surface area contributed by atoms with Crippen molar-refractivity contribution in [3.05, 3.63) is 71.1 Å². The van der Waals surface area contributed by atoms with E-state index in [1.54, 1.807) is 6.07 Å². The Kier molecular flexibility index (Phi) is 5.79. The fourth-order valence-electron chi connectivity index (χ4n) is 6.37. The number of nitrogens with two attached hydrogens (primary N) is 1. The number of carbonyl (C=O) groups is 1. The number of anilines is 2. The summed E-state index contributed by atoms with van der Waals surface area (Å²) in [5.74, 6) is 1.90. The van der Waals surface area contributed by atoms with E-state index in [1.165, 1.54) is 0 Å². The summed E-state index contributed by atoms with van der Waals surface area (Å²) >= 11 is 0. The number of hydrazone groups is 1. The first kappa shape index (κ1) is 24.4. The molecule has 1 aromatic carbocycles. The molecule has 0 bridgehead atoms. The molecule has 11 nitrogen and oxygen atoms in total. The van der Waals surface area contributed by atoms with Gasteiger partial charge in [-0.25, -0.2) is 5.01 Å². The van der Waals surface area contributed by atoms with E-state index in [0.29, 0.717) is 30.4 Å². The molecule has 0 aliphatic carbocycles. The van der Waals surface area contributed by atoms with Gasteiger partial charge in [-0.3, -0.25) is 20.3 Å². The molecule has 11 heteroatoms. The number of hydrogen-bond donors (Lipinski definition) is 4. The van der Waals surface area contributed by atoms with Crippen LogP contribution in [0.15, 0.2) is 58.8 Å². The lowest BCUT2D eigenvalue weighted by atomic mass is 9.86. The van der Waals surface area contributed by atoms with Gasteiger partial charge in [0.25, 0.3) is 5.91 Å². The van der Waals surface area contributed by atoms with Gasteiger partial charge in [0, 0.05) is 55.7 Å². The summed E-state index contributed by atoms with van der Waals surface area (Å²) in [7, 11) is 0. The minimum absolute atomic E-state index is 0.0755. The number of allylic oxidation sites excluding steroid dienone is 1. The van der Waals surface area contributed by atoms with Crippen LogP contribution in [0, 0.1) is 24.2 Å². The number of likely N-dealkylation sites (tertiary alicyclic amines) is 1. The summed E-state index contributed by atoms with van der Waals surface area (Å²) < 4.78 is 2.28. The first-order valence-corrected chi connectivity index (χ1v) is 13.8. The average molecular weight is 537 g/mol. The molecule has 0 radical (unpaired) electrons. The maximum Gasteiger partial charge on any atom is 0.271 e. The molecule has 2 aromatic heterocycles. The largest absolute Gasteiger partial charge is 0.382 e. The lowest BCUT2D eigenvalue weighted by Gasteiger charge is -2.38. The molecule has 7 rings (SSSR count). The normalized spacial score (nSPS) is 24.1. The van der Waals surface area contributed by atoms with Gasteiger partial charge in [-0.2, -0.15) is 10.2 Å². The van der Waals surface area contributed by atoms with Crippen LogP contribution in [0.2, 0.25) is 0 Å². The summed E-state index contributed by atoms with van der Waals surface area (Å²) in [6.45, 7) is 3.33. The van der Waals surface area contributed by atoms with E-state index in [9.17, 15) is 4.79 Å². The van der Waals surface area contributed by atoms with Crippen LogP contribution in [0.4, 0.5) is 11.6 Å². The van der Waals surface area contributed by atoms with Gasteiger partial charge in [-0.15, -0.1) is 0 Å². The van der Waals surface area contributed by atoms with E-state index in [0.717, 1.165) is 47.5 Å². The molecule has 1 fully saturated rings. The highest BCUT2D eigenvalue weighted by molar-refractivity contribution is 6.05. The van der Waals surface area contributed by atoms with Crippen molar-refractivity contribution in [3.8, 4) is 0 Å². The highest BCUT2D eigenvalue weighted by Crippen LogP contribution is 2.40. The highest BCUT2D eigenvalue weighted by Gasteiger charge is 2.44. The lowest BCUT2D eigenvalue weighted by Crippen LogP contribution is -2.49. The van der Waals surface area contributed by atoms with Gasteiger partial charge in [-0.05, 0) is 37.3 Å². The molecule has 1 amide bonds. The van der Waals surface area contributed by atoms with E-state index in [2.05, 4.69) is 49.6 Å². The number of aliphatic imine (C=N–C) groups is 1. The Morgan fingerprint density at radius 3 is 2.65 bits per heavy atom. The molecule has 4 aliphatic heterocycles. The molecule has 3 aromatic rings. The molecule has 3 atom stereocenters. The lowest BCUT2D eigenvalue weighted by molar-refractivity contribution is 0.0689. The van der Waals surface area contributed by atoms with Crippen LogP contribution in [0.1, 0.15) is 52.5 Å². The summed E-state index contributed by atoms with van der Waals surface area (Å²) in [5.41, 5.74) is 10.2. The molecule has 40 heavy (non-hydrogen) atoms. The van der Waals surface area contributed by atoms with Gasteiger partial charge in [0.2, 0.25) is 0 Å². The number of amides is 1. The Bertz CT molecular complexity index is 1560. The quantitative estimate of drug-likeness (QED) is 0.402. The van der Waals surface area contributed by atoms with Crippen LogP contribution in [0.5, 0.6) is 0 Å². The topological polar surface area (TPSA) is 144 Å². The van der Waals surface area contributed by atoms with Crippen LogP contribution in [-0.4, -0.2) is 68.1 Å². The summed E-state index contributed by atoms with van der Waals surface area (Å²) in [6.07, 6.45) is 10.7. The van der Waals surface area contributed by atoms with E-state index in [4.69, 9.17) is 16.1 Å². The third-order valence-electron chi connectivity index (χ3n) is 8.49. The summed E-state index contributed by atoms with van der Waals surface area (Å²) in [4.78, 5) is 19.5. The highest BCUT2D eigenvalue weighted by atomic mass is 16.2. The Morgan fingerprint density at radius 1 is 1.15 bits per heavy atom. The van der Waals surface area contributed by atoms with Crippen molar-refractivity contribution in [1.82, 2.24) is 24.7 Å². The molecule has 4 aliphatic rings. The number of aromatic nitrogens is 3. The van der Waals surface area contributed by atoms with Gasteiger partial charge in [0.05, 0.1) is 11.3 Å². The Morgan fingerprint density at radius 2 is 1.95 bits per heavy atom. The van der Waals surface area contributed by atoms with Crippen molar-refractivity contribution in [3.63, 3.8) is 0 Å². The number of carbonyl (C=O) groups excluding carboxylic acids is 1. The van der Waals surface area contributed by atoms with Crippen molar-refractivity contribution >= 4 is 41.5 Å². The second kappa shape index (κ2) is 9.51. The zero-order chi connectivity index (χ0) is 27.4. The number of nitrogens with zero attached hydrogens (tertiary/aromatic N) is 6. The van der Waals surface area contributed by atoms with Crippen LogP contribution < -0.4 is 11.1 Å². The van der Waals surface area contributed by atoms with Gasteiger partial charge < -0.3 is 20.5 Å². The number of benzene rings is 1. The third kappa shape index (κ3) is 4.00. The van der Waals surface area contributed by atoms with Crippen LogP contribution >= 0.6 is 0 Å². The predicted octanol–water partition coefficient (Wildman–Crippen LogP) is 3.71. The number of fused-ring (bicyclic) bond motifs is 2. The smallest absolute Gasteiger partial charge is 0.271 e. The number of nitrogens with one attached hydrogen (secondary N) is 3. The minimum atomic E-state index is -0.149. The molecule has 204 valence electrons. The van der Waals surface area contributed by atoms with Gasteiger partial charge in [-0.1, -0.05) is 36.4 Å². The molecule has 0 spiro atoms. The van der Waals surface area contributed by atoms with E-state index < -0.39 is 0 Å². The molecule has 5 N–H and O–H groups in total. The van der Waals surface area contributed by atoms with Gasteiger partial charge in [0.15, 0.2) is 5.84 Å². The van der Waals surface area contributed by atoms with Crippen molar-refractivity contribution in [2.45, 2.75) is 38.4 Å². The average Bonchev–Trinajstić information content (AvgIpc) is 3.71. The standard InChI is InChI=1S/C29H32N10O/c1-17-16-38(20-9-11-37(12-10-20)29(40)23-13-24(30)36-35-23)28-25(17)26(31)39-27(34-28)21(15-33-39)19-7-8-22(32-14-19)18-5-3-2-4-6-18/h2-6,8,13-16,19-21,27,31,34H,7,9-12H2,1H3,(H3,30,35,36). The number of H-pyrrole nitrogens is 1. The monoisotopic (exact) mass is 536 g/mol. The first-order valence-electron chi connectivity index (χ1n) is 13.8. The second-order valence-electron chi connectivity index (χ2n) is 10.9. The molecule has 1 saturated heterocycles. The zero-order valence-corrected chi connectivity index (χ0v) is 22.3. The fourth-order valence-corrected chi connectivity index (χ4v) is 6.37. The number of aryl methyl sites for hydroxylation is 1. The molecule has 6 heterocycles. The molecule has 3 unspecified atom stereocenters. The minimum Gasteiger partial charge on any atom is -0.382 e. The molecular formula is C29H32N10O. The van der Waals surface area contributed by atoms with Crippen LogP contribution in [0.25, 0.3) is 5.70 Å². The van der Waals surface area contributed by atoms with E-state index in [-0.39, 0.29) is 30.0 Å². The summed E-state index contributed by atoms with van der Waals surface area (Å²) in [5, 5.41) is 25.9. The first-order chi connectivity index (χ1) is 19.5. The van der Waals surface area contributed by atoms with E-state index in [1.807, 2.05) is 47.5 Å². The predicted molar refractivity (Wildman–Crippen MR) is 155 cm³/mol. The number of piperidine rings is 1. The Labute approximate surface area is 232 Å². The number of aromatic amines is 1. The number of rotatable bonds is 4. The Balaban J connectivity index is 1.08. The number of hydrogen-bond acceptors (Lipinski definition) is 7. The third-order valence-corrected chi connectivity index (χ3v) is 8.49. The SMILES string of the molecule is Cc1cn(C2CCN(C(=O)c3cc(N)n[nH]3)CC2)c2c1C(=N)N1N=CC(C3C=NC(c4ccccc4)=CC3)C1N2. The number of nitrogen functional groups attached to an aromatic ring is 1. The van der Waals surface area contributed by atoms with E-state index >= 15 is 0 Å². The van der Waals surface area contributed by atoms with Gasteiger partial charge in [0.1, 0.15) is 23.5 Å². The summed E-state index contributed by atoms with van der Waals surface area (Å²) in [6, 6.07) is 12.0. The fraction of sp³-hybridized carbons (Fsp3) is 0.345. The Hall–Kier alpha value is -4.67. The van der Waals surface area contributed by atoms with Crippen LogP contribution in [-0.2, 0) is 0 Å². The van der Waals surface area contributed by atoms with Crippen molar-refractivity contribution < 1.29 is 4.79 Å². The van der Waals surface area contributed by atoms with Crippen molar-refractivity contribution in [1.29, 1.82) is 5.41 Å². The number of amidine groups is 1. The second-order valence-corrected chi connectivity index (χ2v) is 10.9. The van der Waals surface area contributed by atoms with Gasteiger partial charge >= 0.3 is 0 Å². The maximum atomic E-state index is 12.9. The molecular weight excluding hydrogens is 504 g/mol. The zero-order valence-electron chi connectivity index (χ0n) is 22.3.